The largest absolute Gasteiger partial charge is 0.0693 e. The molecule has 0 aliphatic heterocycles. The Hall–Kier alpha value is 0.217. The van der Waals surface area contributed by atoms with Gasteiger partial charge in [-0.3, -0.25) is 0 Å². The van der Waals surface area contributed by atoms with Gasteiger partial charge in [0.05, 0.1) is 0 Å². The van der Waals surface area contributed by atoms with Crippen molar-refractivity contribution < 1.29 is 0 Å². The Balaban J connectivity index is 3.31. The second-order valence-electron chi connectivity index (χ2n) is 10.0. The van der Waals surface area contributed by atoms with Crippen LogP contribution >= 0.6 is 0 Å². The predicted octanol–water partition coefficient (Wildman–Crippen LogP) is 10.5. The smallest absolute Gasteiger partial charge is 0.0473 e. The average molecular weight is 397 g/mol. The minimum atomic E-state index is -0.884. The van der Waals surface area contributed by atoms with Crippen LogP contribution in [-0.4, -0.2) is 8.07 Å². The molecule has 0 N–H and O–H groups in total. The SMILES string of the molecule is CCCCCCCCCCCC[Si](C)(C)CCCCCCCCCCCC. The molecule has 0 fully saturated rings. The fourth-order valence-corrected chi connectivity index (χ4v) is 6.97. The first-order valence-corrected chi connectivity index (χ1v) is 16.5. The van der Waals surface area contributed by atoms with Crippen molar-refractivity contribution in [3.63, 3.8) is 0 Å². The zero-order valence-corrected chi connectivity index (χ0v) is 21.1. The maximum atomic E-state index is 2.65. The van der Waals surface area contributed by atoms with Crippen LogP contribution in [0.2, 0.25) is 25.2 Å². The van der Waals surface area contributed by atoms with Gasteiger partial charge in [0, 0.05) is 8.07 Å². The van der Waals surface area contributed by atoms with E-state index in [1.807, 2.05) is 0 Å². The topological polar surface area (TPSA) is 0 Å². The molecule has 0 nitrogen and oxygen atoms in total. The number of hydrogen-bond donors (Lipinski definition) is 0. The van der Waals surface area contributed by atoms with Crippen molar-refractivity contribution in [3.8, 4) is 0 Å². The fraction of sp³-hybridized carbons (Fsp3) is 1.00. The average Bonchev–Trinajstić information content (AvgIpc) is 2.64. The quantitative estimate of drug-likeness (QED) is 0.126. The van der Waals surface area contributed by atoms with E-state index in [1.54, 1.807) is 12.1 Å². The molecule has 0 rings (SSSR count). The summed E-state index contributed by atoms with van der Waals surface area (Å²) in [5, 5.41) is 0. The van der Waals surface area contributed by atoms with Crippen LogP contribution in [-0.2, 0) is 0 Å². The standard InChI is InChI=1S/C26H56Si/c1-5-7-9-11-13-15-17-19-21-23-25-27(3,4)26-24-22-20-18-16-14-12-10-8-6-2/h5-26H2,1-4H3. The van der Waals surface area contributed by atoms with E-state index < -0.39 is 8.07 Å². The maximum Gasteiger partial charge on any atom is 0.0473 e. The van der Waals surface area contributed by atoms with E-state index in [4.69, 9.17) is 0 Å². The van der Waals surface area contributed by atoms with Crippen molar-refractivity contribution in [2.24, 2.45) is 0 Å². The lowest BCUT2D eigenvalue weighted by Crippen LogP contribution is -2.24. The molecule has 0 aliphatic carbocycles. The molecule has 0 radical (unpaired) electrons. The highest BCUT2D eigenvalue weighted by molar-refractivity contribution is 6.77. The van der Waals surface area contributed by atoms with Crippen molar-refractivity contribution in [2.45, 2.75) is 167 Å². The van der Waals surface area contributed by atoms with Gasteiger partial charge in [-0.15, -0.1) is 0 Å². The van der Waals surface area contributed by atoms with E-state index in [9.17, 15) is 0 Å². The van der Waals surface area contributed by atoms with Gasteiger partial charge < -0.3 is 0 Å². The Morgan fingerprint density at radius 1 is 0.333 bits per heavy atom. The number of hydrogen-bond acceptors (Lipinski definition) is 0. The van der Waals surface area contributed by atoms with E-state index >= 15 is 0 Å². The first-order chi connectivity index (χ1) is 13.1. The highest BCUT2D eigenvalue weighted by atomic mass is 28.3. The predicted molar refractivity (Wildman–Crippen MR) is 131 cm³/mol. The molecule has 0 aromatic carbocycles. The van der Waals surface area contributed by atoms with Gasteiger partial charge in [0.2, 0.25) is 0 Å². The van der Waals surface area contributed by atoms with Crippen molar-refractivity contribution >= 4 is 8.07 Å². The van der Waals surface area contributed by atoms with Crippen molar-refractivity contribution in [2.75, 3.05) is 0 Å². The van der Waals surface area contributed by atoms with Crippen LogP contribution in [0.15, 0.2) is 0 Å². The van der Waals surface area contributed by atoms with Gasteiger partial charge in [-0.1, -0.05) is 167 Å². The highest BCUT2D eigenvalue weighted by Crippen LogP contribution is 2.23. The Labute approximate surface area is 175 Å². The Morgan fingerprint density at radius 3 is 0.815 bits per heavy atom. The first-order valence-electron chi connectivity index (χ1n) is 13.1. The molecular formula is C26H56Si. The number of unbranched alkanes of at least 4 members (excludes halogenated alkanes) is 18. The normalized spacial score (nSPS) is 12.0. The fourth-order valence-electron chi connectivity index (χ4n) is 4.31. The molecule has 0 aromatic rings. The van der Waals surface area contributed by atoms with Crippen LogP contribution in [0.5, 0.6) is 0 Å². The van der Waals surface area contributed by atoms with E-state index in [0.717, 1.165) is 0 Å². The van der Waals surface area contributed by atoms with Crippen molar-refractivity contribution in [1.82, 2.24) is 0 Å². The van der Waals surface area contributed by atoms with Gasteiger partial charge in [-0.05, 0) is 0 Å². The van der Waals surface area contributed by atoms with E-state index in [2.05, 4.69) is 26.9 Å². The molecule has 164 valence electrons. The van der Waals surface area contributed by atoms with Crippen LogP contribution in [0.25, 0.3) is 0 Å². The summed E-state index contributed by atoms with van der Waals surface area (Å²) < 4.78 is 0. The Kier molecular flexibility index (Phi) is 21.1. The summed E-state index contributed by atoms with van der Waals surface area (Å²) in [7, 11) is -0.884. The van der Waals surface area contributed by atoms with E-state index in [-0.39, 0.29) is 0 Å². The molecule has 0 bridgehead atoms. The van der Waals surface area contributed by atoms with Crippen LogP contribution < -0.4 is 0 Å². The summed E-state index contributed by atoms with van der Waals surface area (Å²) in [4.78, 5) is 0. The maximum absolute atomic E-state index is 2.65. The molecule has 0 atom stereocenters. The molecule has 1 heteroatoms. The Bertz CT molecular complexity index is 245. The van der Waals surface area contributed by atoms with Crippen LogP contribution in [0.4, 0.5) is 0 Å². The molecule has 27 heavy (non-hydrogen) atoms. The summed E-state index contributed by atoms with van der Waals surface area (Å²) in [5.74, 6) is 0. The van der Waals surface area contributed by atoms with Crippen LogP contribution in [0.3, 0.4) is 0 Å². The van der Waals surface area contributed by atoms with Gasteiger partial charge in [0.1, 0.15) is 0 Å². The van der Waals surface area contributed by atoms with Gasteiger partial charge in [0.15, 0.2) is 0 Å². The molecule has 0 saturated carbocycles. The minimum Gasteiger partial charge on any atom is -0.0693 e. The van der Waals surface area contributed by atoms with Gasteiger partial charge in [-0.25, -0.2) is 0 Å². The molecular weight excluding hydrogens is 340 g/mol. The molecule has 0 amide bonds. The zero-order valence-electron chi connectivity index (χ0n) is 20.1. The molecule has 0 aliphatic rings. The summed E-state index contributed by atoms with van der Waals surface area (Å²) in [5.41, 5.74) is 0. The van der Waals surface area contributed by atoms with Gasteiger partial charge >= 0.3 is 0 Å². The lowest BCUT2D eigenvalue weighted by atomic mass is 10.1. The molecule has 0 saturated heterocycles. The second kappa shape index (κ2) is 20.9. The zero-order chi connectivity index (χ0) is 20.1. The summed E-state index contributed by atoms with van der Waals surface area (Å²) in [6.07, 6.45) is 29.5. The monoisotopic (exact) mass is 396 g/mol. The highest BCUT2D eigenvalue weighted by Gasteiger charge is 2.18. The van der Waals surface area contributed by atoms with Crippen molar-refractivity contribution in [3.05, 3.63) is 0 Å². The van der Waals surface area contributed by atoms with E-state index in [1.165, 1.54) is 128 Å². The van der Waals surface area contributed by atoms with Gasteiger partial charge in [0.25, 0.3) is 0 Å². The van der Waals surface area contributed by atoms with Gasteiger partial charge in [-0.2, -0.15) is 0 Å². The molecule has 0 heterocycles. The van der Waals surface area contributed by atoms with E-state index in [0.29, 0.717) is 0 Å². The Morgan fingerprint density at radius 2 is 0.556 bits per heavy atom. The summed E-state index contributed by atoms with van der Waals surface area (Å²) >= 11 is 0. The molecule has 0 unspecified atom stereocenters. The lowest BCUT2D eigenvalue weighted by molar-refractivity contribution is 0.559. The molecule has 0 aromatic heterocycles. The minimum absolute atomic E-state index is 0.884. The second-order valence-corrected chi connectivity index (χ2v) is 15.4. The van der Waals surface area contributed by atoms with Crippen molar-refractivity contribution in [1.29, 1.82) is 0 Å². The van der Waals surface area contributed by atoms with Crippen LogP contribution in [0.1, 0.15) is 142 Å². The van der Waals surface area contributed by atoms with Crippen LogP contribution in [0, 0.1) is 0 Å². The third kappa shape index (κ3) is 22.4. The summed E-state index contributed by atoms with van der Waals surface area (Å²) in [6.45, 7) is 9.91. The number of rotatable bonds is 22. The lowest BCUT2D eigenvalue weighted by Gasteiger charge is -2.22. The third-order valence-electron chi connectivity index (χ3n) is 6.41. The summed E-state index contributed by atoms with van der Waals surface area (Å²) in [6, 6.07) is 3.17. The molecule has 0 spiro atoms. The third-order valence-corrected chi connectivity index (χ3v) is 9.83. The first kappa shape index (κ1) is 27.2.